The van der Waals surface area contributed by atoms with E-state index >= 15 is 0 Å². The summed E-state index contributed by atoms with van der Waals surface area (Å²) in [6, 6.07) is 7.12. The first-order valence-corrected chi connectivity index (χ1v) is 8.25. The Morgan fingerprint density at radius 3 is 2.67 bits per heavy atom. The molecule has 0 saturated heterocycles. The lowest BCUT2D eigenvalue weighted by molar-refractivity contribution is 0.167. The van der Waals surface area contributed by atoms with Crippen LogP contribution in [0.1, 0.15) is 45.1 Å². The van der Waals surface area contributed by atoms with Crippen molar-refractivity contribution in [3.8, 4) is 0 Å². The molecule has 1 aromatic carbocycles. The summed E-state index contributed by atoms with van der Waals surface area (Å²) in [6.07, 6.45) is 5.40. The first-order chi connectivity index (χ1) is 8.49. The molecule has 1 N–H and O–H groups in total. The van der Waals surface area contributed by atoms with Gasteiger partial charge in [0.05, 0.1) is 0 Å². The molecule has 1 unspecified atom stereocenters. The highest BCUT2D eigenvalue weighted by Gasteiger charge is 2.31. The van der Waals surface area contributed by atoms with Gasteiger partial charge in [0.25, 0.3) is 0 Å². The molecule has 0 aliphatic heterocycles. The van der Waals surface area contributed by atoms with E-state index in [4.69, 9.17) is 0 Å². The summed E-state index contributed by atoms with van der Waals surface area (Å²) in [4.78, 5) is 0. The molecular weight excluding hydrogens is 354 g/mol. The Balaban J connectivity index is 1.96. The molecule has 1 saturated carbocycles. The Morgan fingerprint density at radius 1 is 1.22 bits per heavy atom. The molecule has 0 heterocycles. The summed E-state index contributed by atoms with van der Waals surface area (Å²) in [7, 11) is 0. The smallest absolute Gasteiger partial charge is 0.0320 e. The third-order valence-electron chi connectivity index (χ3n) is 4.04. The molecule has 3 heteroatoms. The van der Waals surface area contributed by atoms with Crippen LogP contribution in [0.3, 0.4) is 0 Å². The molecule has 0 radical (unpaired) electrons. The Kier molecular flexibility index (Phi) is 4.90. The highest BCUT2D eigenvalue weighted by atomic mass is 79.9. The maximum absolute atomic E-state index is 3.74. The molecule has 1 fully saturated rings. The van der Waals surface area contributed by atoms with E-state index < -0.39 is 0 Å². The van der Waals surface area contributed by atoms with E-state index in [0.29, 0.717) is 11.5 Å². The van der Waals surface area contributed by atoms with Gasteiger partial charge in [-0.05, 0) is 67.8 Å². The van der Waals surface area contributed by atoms with Crippen LogP contribution in [0, 0.1) is 5.41 Å². The Hall–Kier alpha value is 0.140. The molecule has 0 amide bonds. The minimum atomic E-state index is 0.435. The van der Waals surface area contributed by atoms with Crippen LogP contribution in [-0.4, -0.2) is 6.04 Å². The van der Waals surface area contributed by atoms with Crippen LogP contribution in [0.2, 0.25) is 0 Å². The fraction of sp³-hybridized carbons (Fsp3) is 0.600. The second-order valence-corrected chi connectivity index (χ2v) is 7.62. The second kappa shape index (κ2) is 6.06. The summed E-state index contributed by atoms with van der Waals surface area (Å²) in [5.74, 6) is 0. The minimum Gasteiger partial charge on any atom is -0.309 e. The lowest BCUT2D eigenvalue weighted by atomic mass is 9.73. The average molecular weight is 375 g/mol. The Bertz CT molecular complexity index is 415. The number of halogens is 2. The van der Waals surface area contributed by atoms with Crippen LogP contribution in [0.5, 0.6) is 0 Å². The second-order valence-electron chi connectivity index (χ2n) is 5.92. The molecule has 0 aromatic heterocycles. The van der Waals surface area contributed by atoms with Gasteiger partial charge >= 0.3 is 0 Å². The van der Waals surface area contributed by atoms with E-state index in [1.54, 1.807) is 0 Å². The summed E-state index contributed by atoms with van der Waals surface area (Å²) in [6.45, 7) is 5.74. The van der Waals surface area contributed by atoms with Gasteiger partial charge in [0.2, 0.25) is 0 Å². The van der Waals surface area contributed by atoms with Crippen LogP contribution in [0.25, 0.3) is 0 Å². The zero-order valence-electron chi connectivity index (χ0n) is 11.1. The third-order valence-corrected chi connectivity index (χ3v) is 5.92. The molecule has 1 aliphatic rings. The Labute approximate surface area is 127 Å². The molecule has 100 valence electrons. The van der Waals surface area contributed by atoms with Gasteiger partial charge in [-0.2, -0.15) is 0 Å². The number of rotatable bonds is 3. The standard InChI is InChI=1S/C15H21Br2N/c1-15(2)8-4-3-5-14(15)18-10-11-6-7-12(16)13(17)9-11/h6-7,9,14,18H,3-5,8,10H2,1-2H3. The normalized spacial score (nSPS) is 23.0. The zero-order valence-corrected chi connectivity index (χ0v) is 14.3. The topological polar surface area (TPSA) is 12.0 Å². The maximum Gasteiger partial charge on any atom is 0.0320 e. The summed E-state index contributed by atoms with van der Waals surface area (Å²) in [5.41, 5.74) is 1.77. The third kappa shape index (κ3) is 3.58. The van der Waals surface area contributed by atoms with Crippen LogP contribution < -0.4 is 5.32 Å². The molecule has 1 aromatic rings. The van der Waals surface area contributed by atoms with E-state index in [2.05, 4.69) is 69.2 Å². The molecular formula is C15H21Br2N. The van der Waals surface area contributed by atoms with Gasteiger partial charge in [-0.15, -0.1) is 0 Å². The quantitative estimate of drug-likeness (QED) is 0.759. The predicted octanol–water partition coefficient (Wildman–Crippen LogP) is 5.27. The first-order valence-electron chi connectivity index (χ1n) is 6.66. The molecule has 18 heavy (non-hydrogen) atoms. The van der Waals surface area contributed by atoms with Gasteiger partial charge in [-0.1, -0.05) is 32.8 Å². The van der Waals surface area contributed by atoms with E-state index in [-0.39, 0.29) is 0 Å². The van der Waals surface area contributed by atoms with Crippen molar-refractivity contribution >= 4 is 31.9 Å². The lowest BCUT2D eigenvalue weighted by Crippen LogP contribution is -2.43. The van der Waals surface area contributed by atoms with Crippen LogP contribution in [0.15, 0.2) is 27.1 Å². The van der Waals surface area contributed by atoms with Crippen molar-refractivity contribution < 1.29 is 0 Å². The molecule has 1 atom stereocenters. The molecule has 0 spiro atoms. The molecule has 1 aliphatic carbocycles. The number of hydrogen-bond donors (Lipinski definition) is 1. The van der Waals surface area contributed by atoms with Crippen molar-refractivity contribution in [1.82, 2.24) is 5.32 Å². The van der Waals surface area contributed by atoms with Crippen LogP contribution in [-0.2, 0) is 6.54 Å². The van der Waals surface area contributed by atoms with E-state index in [1.165, 1.54) is 31.2 Å². The van der Waals surface area contributed by atoms with Crippen molar-refractivity contribution in [3.63, 3.8) is 0 Å². The van der Waals surface area contributed by atoms with E-state index in [0.717, 1.165) is 15.5 Å². The number of hydrogen-bond acceptors (Lipinski definition) is 1. The molecule has 0 bridgehead atoms. The monoisotopic (exact) mass is 373 g/mol. The fourth-order valence-electron chi connectivity index (χ4n) is 2.76. The van der Waals surface area contributed by atoms with Gasteiger partial charge < -0.3 is 5.32 Å². The predicted molar refractivity (Wildman–Crippen MR) is 84.7 cm³/mol. The van der Waals surface area contributed by atoms with Crippen molar-refractivity contribution in [2.24, 2.45) is 5.41 Å². The van der Waals surface area contributed by atoms with Gasteiger partial charge in [-0.3, -0.25) is 0 Å². The van der Waals surface area contributed by atoms with Gasteiger partial charge in [0.15, 0.2) is 0 Å². The lowest BCUT2D eigenvalue weighted by Gasteiger charge is -2.39. The SMILES string of the molecule is CC1(C)CCCCC1NCc1ccc(Br)c(Br)c1. The number of nitrogens with one attached hydrogen (secondary N) is 1. The van der Waals surface area contributed by atoms with Crippen LogP contribution >= 0.6 is 31.9 Å². The van der Waals surface area contributed by atoms with Gasteiger partial charge in [-0.25, -0.2) is 0 Å². The van der Waals surface area contributed by atoms with Gasteiger partial charge in [0.1, 0.15) is 0 Å². The molecule has 2 rings (SSSR count). The van der Waals surface area contributed by atoms with Crippen molar-refractivity contribution in [2.45, 2.75) is 52.1 Å². The minimum absolute atomic E-state index is 0.435. The first kappa shape index (κ1) is 14.5. The summed E-state index contributed by atoms with van der Waals surface area (Å²) >= 11 is 7.07. The van der Waals surface area contributed by atoms with Crippen molar-refractivity contribution in [1.29, 1.82) is 0 Å². The summed E-state index contributed by atoms with van der Waals surface area (Å²) < 4.78 is 2.24. The van der Waals surface area contributed by atoms with Crippen LogP contribution in [0.4, 0.5) is 0 Å². The average Bonchev–Trinajstić information content (AvgIpc) is 2.31. The highest BCUT2D eigenvalue weighted by Crippen LogP contribution is 2.35. The molecule has 1 nitrogen and oxygen atoms in total. The van der Waals surface area contributed by atoms with E-state index in [1.807, 2.05) is 0 Å². The zero-order chi connectivity index (χ0) is 13.2. The largest absolute Gasteiger partial charge is 0.309 e. The van der Waals surface area contributed by atoms with Crippen molar-refractivity contribution in [3.05, 3.63) is 32.7 Å². The maximum atomic E-state index is 3.74. The van der Waals surface area contributed by atoms with Gasteiger partial charge in [0, 0.05) is 21.5 Å². The fourth-order valence-corrected chi connectivity index (χ4v) is 3.44. The highest BCUT2D eigenvalue weighted by molar-refractivity contribution is 9.13. The Morgan fingerprint density at radius 2 is 2.00 bits per heavy atom. The van der Waals surface area contributed by atoms with Crippen molar-refractivity contribution in [2.75, 3.05) is 0 Å². The number of benzene rings is 1. The summed E-state index contributed by atoms with van der Waals surface area (Å²) in [5, 5.41) is 3.74. The van der Waals surface area contributed by atoms with E-state index in [9.17, 15) is 0 Å².